The molecule has 29 nitrogen and oxygen atoms in total. The second-order valence-corrected chi connectivity index (χ2v) is 29.6. The summed E-state index contributed by atoms with van der Waals surface area (Å²) in [5.74, 6) is -2.59. The number of carbonyl (C=O) groups is 6. The molecule has 89 heavy (non-hydrogen) atoms. The van der Waals surface area contributed by atoms with E-state index in [4.69, 9.17) is 37.9 Å². The lowest BCUT2D eigenvalue weighted by molar-refractivity contribution is -0.305. The predicted octanol–water partition coefficient (Wildman–Crippen LogP) is 5.46. The summed E-state index contributed by atoms with van der Waals surface area (Å²) < 4.78 is 77.5. The monoisotopic (exact) mass is 1290 g/mol. The molecule has 1 aromatic rings. The van der Waals surface area contributed by atoms with Gasteiger partial charge in [-0.25, -0.2) is 32.4 Å². The number of hydrogen-bond donors (Lipinski definition) is 9. The van der Waals surface area contributed by atoms with Gasteiger partial charge in [-0.2, -0.15) is 4.31 Å². The molecule has 4 rings (SSSR count). The summed E-state index contributed by atoms with van der Waals surface area (Å²) in [5, 5.41) is 64.8. The van der Waals surface area contributed by atoms with Crippen LogP contribution in [0.4, 0.5) is 29.7 Å². The maximum atomic E-state index is 14.8. The molecule has 1 unspecified atom stereocenters. The number of benzene rings is 1. The Labute approximate surface area is 522 Å². The Morgan fingerprint density at radius 1 is 0.719 bits per heavy atom. The van der Waals surface area contributed by atoms with Crippen LogP contribution in [0.15, 0.2) is 46.2 Å². The summed E-state index contributed by atoms with van der Waals surface area (Å²) in [6, 6.07) is -0.226. The van der Waals surface area contributed by atoms with Gasteiger partial charge in [0.25, 0.3) is 0 Å². The van der Waals surface area contributed by atoms with Crippen LogP contribution in [0.3, 0.4) is 0 Å². The van der Waals surface area contributed by atoms with E-state index in [9.17, 15) is 62.5 Å². The third kappa shape index (κ3) is 23.9. The maximum Gasteiger partial charge on any atom is 0.410 e. The lowest BCUT2D eigenvalue weighted by atomic mass is 9.72. The van der Waals surface area contributed by atoms with Crippen molar-refractivity contribution in [2.75, 3.05) is 39.8 Å². The van der Waals surface area contributed by atoms with E-state index < -0.39 is 171 Å². The number of rotatable bonds is 22. The number of carbonyl (C=O) groups excluding carboxylic acids is 6. The van der Waals surface area contributed by atoms with Gasteiger partial charge >= 0.3 is 30.5 Å². The Hall–Kier alpha value is -6.15. The largest absolute Gasteiger partial charge is 0.491 e. The zero-order valence-electron chi connectivity index (χ0n) is 54.5. The molecular formula is C59H98N8O21S. The lowest BCUT2D eigenvalue weighted by Gasteiger charge is -2.52. The number of ether oxygens (including phenoxy) is 8. The van der Waals surface area contributed by atoms with Crippen molar-refractivity contribution in [2.45, 2.75) is 249 Å². The number of aliphatic hydroxyl groups is 4. The number of unbranched alkanes of at least 4 members (excludes halogenated alkanes) is 2. The molecule has 12 atom stereocenters. The van der Waals surface area contributed by atoms with Crippen LogP contribution in [-0.2, 0) is 52.7 Å². The molecule has 1 saturated heterocycles. The van der Waals surface area contributed by atoms with Gasteiger partial charge in [0, 0.05) is 38.6 Å². The Kier molecular flexibility index (Phi) is 26.0. The second kappa shape index (κ2) is 30.8. The summed E-state index contributed by atoms with van der Waals surface area (Å²) in [5.41, 5.74) is -7.12. The minimum atomic E-state index is -4.61. The van der Waals surface area contributed by atoms with Gasteiger partial charge in [0.15, 0.2) is 6.29 Å². The first kappa shape index (κ1) is 75.3. The Morgan fingerprint density at radius 3 is 1.80 bits per heavy atom. The molecule has 1 saturated carbocycles. The van der Waals surface area contributed by atoms with Crippen LogP contribution in [0.25, 0.3) is 0 Å². The Bertz CT molecular complexity index is 2730. The number of alkyl carbamates (subject to hydrolysis) is 4. The molecule has 0 bridgehead atoms. The number of aliphatic hydroxyl groups excluding tert-OH is 3. The van der Waals surface area contributed by atoms with E-state index in [2.05, 4.69) is 31.8 Å². The normalized spacial score (nSPS) is 25.6. The molecule has 2 heterocycles. The third-order valence-electron chi connectivity index (χ3n) is 13.7. The molecule has 6 amide bonds. The molecule has 3 aliphatic rings. The first-order valence-corrected chi connectivity index (χ1v) is 31.3. The minimum absolute atomic E-state index is 0.0375. The highest BCUT2D eigenvalue weighted by atomic mass is 32.2. The van der Waals surface area contributed by atoms with E-state index in [-0.39, 0.29) is 50.3 Å². The number of likely N-dealkylation sites (N-methyl/N-ethyl adjacent to an activating group) is 1. The highest BCUT2D eigenvalue weighted by Gasteiger charge is 2.57. The van der Waals surface area contributed by atoms with Crippen LogP contribution >= 0.6 is 0 Å². The zero-order chi connectivity index (χ0) is 67.4. The molecule has 2 fully saturated rings. The minimum Gasteiger partial charge on any atom is -0.491 e. The fraction of sp³-hybridized carbons (Fsp3) is 0.763. The SMILES string of the molecule is CN(C(=O)OC(C)(C)C)[C@@H]1[C@@H](O)[C@@H](O[C@H]2[C@H](NC(=O)[C@@H](O)CCNC(=O)OC(C)(C)C)C[C@H](NC(=O)OC(C)(C)C)C([C@H]3OC(CN(CCCCCNC(=O)OC(C)(C)C)S(=O)(=O)c4ccccc4N=O)=CC[C@H]3NC(=O)OC(C)(C)C)[C@@H]2O)OC[C@]1(C)O. The Morgan fingerprint density at radius 2 is 1.25 bits per heavy atom. The average Bonchev–Trinajstić information content (AvgIpc) is 1.07. The standard InChI is InChI=1S/C59H98N8O21S/c1-54(2,3)84-49(72)60-28-21-18-22-30-67(89(79,80)40-24-20-19-23-35(40)65-78)32-34-25-26-36(63-51(74)86-56(7,8)9)44(82-34)41-37(64-52(75)87-57(10,11)12)31-38(62-47(71)39(68)27-29-61-50(73)85-55(4,5)6)45(42(41)69)83-48-43(70)46(59(16,77)33-81-48)66(17)53(76)88-58(13,14)15/h19-20,23-25,36-39,41-46,48,68-70,77H,18,21-22,26-33H2,1-17H3,(H,60,72)(H,61,73)(H,62,71)(H,63,74)(H,64,75)/t36-,37+,38-,39+,41?,42+,43-,44+,45+,46-,48-,59+/m1/s1. The highest BCUT2D eigenvalue weighted by molar-refractivity contribution is 7.89. The maximum absolute atomic E-state index is 14.8. The van der Waals surface area contributed by atoms with Crippen molar-refractivity contribution in [3.63, 3.8) is 0 Å². The first-order chi connectivity index (χ1) is 40.8. The van der Waals surface area contributed by atoms with Crippen molar-refractivity contribution in [1.82, 2.24) is 35.8 Å². The van der Waals surface area contributed by atoms with Crippen molar-refractivity contribution >= 4 is 52.1 Å². The van der Waals surface area contributed by atoms with Gasteiger partial charge in [-0.15, -0.1) is 4.91 Å². The predicted molar refractivity (Wildman–Crippen MR) is 323 cm³/mol. The van der Waals surface area contributed by atoms with Crippen LogP contribution in [0, 0.1) is 10.8 Å². The van der Waals surface area contributed by atoms with Gasteiger partial charge in [-0.3, -0.25) is 4.79 Å². The molecule has 30 heteroatoms. The number of nitroso groups, excluding NO2 is 1. The third-order valence-corrected chi connectivity index (χ3v) is 15.6. The number of sulfonamides is 1. The average molecular weight is 1290 g/mol. The molecule has 0 aromatic heterocycles. The van der Waals surface area contributed by atoms with Gasteiger partial charge < -0.3 is 89.8 Å². The van der Waals surface area contributed by atoms with Gasteiger partial charge in [0.05, 0.1) is 37.4 Å². The summed E-state index contributed by atoms with van der Waals surface area (Å²) >= 11 is 0. The van der Waals surface area contributed by atoms with Crippen LogP contribution < -0.4 is 26.6 Å². The number of nitrogens with one attached hydrogen (secondary N) is 5. The van der Waals surface area contributed by atoms with Crippen LogP contribution in [-0.4, -0.2) is 209 Å². The summed E-state index contributed by atoms with van der Waals surface area (Å²) in [7, 11) is -3.33. The molecule has 506 valence electrons. The van der Waals surface area contributed by atoms with E-state index in [1.807, 2.05) is 0 Å². The summed E-state index contributed by atoms with van der Waals surface area (Å²) in [4.78, 5) is 93.1. The van der Waals surface area contributed by atoms with Gasteiger partial charge in [0.1, 0.15) is 74.4 Å². The van der Waals surface area contributed by atoms with Crippen molar-refractivity contribution in [3.8, 4) is 0 Å². The van der Waals surface area contributed by atoms with Crippen molar-refractivity contribution in [3.05, 3.63) is 41.0 Å². The molecule has 9 N–H and O–H groups in total. The first-order valence-electron chi connectivity index (χ1n) is 29.8. The number of amides is 6. The van der Waals surface area contributed by atoms with Crippen molar-refractivity contribution in [2.24, 2.45) is 11.1 Å². The van der Waals surface area contributed by atoms with E-state index in [0.29, 0.717) is 12.8 Å². The smallest absolute Gasteiger partial charge is 0.410 e. The van der Waals surface area contributed by atoms with Gasteiger partial charge in [-0.1, -0.05) is 18.6 Å². The topological polar surface area (TPSA) is 387 Å². The molecule has 1 aromatic carbocycles. The molecule has 0 spiro atoms. The Balaban J connectivity index is 1.89. The van der Waals surface area contributed by atoms with Crippen molar-refractivity contribution in [1.29, 1.82) is 0 Å². The van der Waals surface area contributed by atoms with Crippen molar-refractivity contribution < 1.29 is 95.5 Å². The molecular weight excluding hydrogens is 1190 g/mol. The summed E-state index contributed by atoms with van der Waals surface area (Å²) in [6.07, 6.45) is -13.7. The molecule has 2 aliphatic heterocycles. The second-order valence-electron chi connectivity index (χ2n) is 27.7. The molecule has 1 aliphatic carbocycles. The summed E-state index contributed by atoms with van der Waals surface area (Å²) in [6.45, 7) is 24.6. The van der Waals surface area contributed by atoms with E-state index in [1.54, 1.807) is 104 Å². The fourth-order valence-electron chi connectivity index (χ4n) is 10.2. The van der Waals surface area contributed by atoms with Crippen LogP contribution in [0.5, 0.6) is 0 Å². The van der Waals surface area contributed by atoms with Gasteiger partial charge in [-0.05, 0) is 166 Å². The number of nitrogens with zero attached hydrogens (tertiary/aromatic N) is 3. The van der Waals surface area contributed by atoms with E-state index >= 15 is 0 Å². The number of hydrogen-bond acceptors (Lipinski definition) is 22. The lowest BCUT2D eigenvalue weighted by Crippen LogP contribution is -2.71. The molecule has 0 radical (unpaired) electrons. The van der Waals surface area contributed by atoms with E-state index in [0.717, 1.165) is 9.21 Å². The van der Waals surface area contributed by atoms with Gasteiger partial charge in [0.2, 0.25) is 15.9 Å². The quantitative estimate of drug-likeness (QED) is 0.0395. The van der Waals surface area contributed by atoms with E-state index in [1.165, 1.54) is 44.3 Å². The van der Waals surface area contributed by atoms with Crippen LogP contribution in [0.2, 0.25) is 0 Å². The van der Waals surface area contributed by atoms with Crippen LogP contribution in [0.1, 0.15) is 149 Å². The highest BCUT2D eigenvalue weighted by Crippen LogP contribution is 2.40. The zero-order valence-corrected chi connectivity index (χ0v) is 55.3. The fourth-order valence-corrected chi connectivity index (χ4v) is 11.7.